The summed E-state index contributed by atoms with van der Waals surface area (Å²) in [5, 5.41) is 11.3. The van der Waals surface area contributed by atoms with Crippen LogP contribution in [0, 0.1) is 18.3 Å². The number of benzene rings is 2. The van der Waals surface area contributed by atoms with Gasteiger partial charge in [-0.1, -0.05) is 36.4 Å². The number of nitrogens with two attached hydrogens (primary N) is 1. The third-order valence-corrected chi connectivity index (χ3v) is 3.24. The first-order valence-corrected chi connectivity index (χ1v) is 6.22. The molecule has 0 radical (unpaired) electrons. The van der Waals surface area contributed by atoms with E-state index in [1.165, 1.54) is 0 Å². The third-order valence-electron chi connectivity index (χ3n) is 3.24. The molecular weight excluding hydrogens is 248 g/mol. The van der Waals surface area contributed by atoms with E-state index in [4.69, 9.17) is 11.0 Å². The third kappa shape index (κ3) is 1.95. The summed E-state index contributed by atoms with van der Waals surface area (Å²) in [6.07, 6.45) is 0. The van der Waals surface area contributed by atoms with Crippen molar-refractivity contribution >= 4 is 16.6 Å². The Balaban J connectivity index is 2.18. The molecule has 0 aliphatic carbocycles. The Labute approximate surface area is 116 Å². The van der Waals surface area contributed by atoms with E-state index in [0.29, 0.717) is 17.1 Å². The summed E-state index contributed by atoms with van der Waals surface area (Å²) in [6, 6.07) is 16.1. The molecule has 2 N–H and O–H groups in total. The Hall–Kier alpha value is -2.93. The van der Waals surface area contributed by atoms with Crippen LogP contribution in [-0.2, 0) is 0 Å². The second-order valence-corrected chi connectivity index (χ2v) is 4.57. The van der Waals surface area contributed by atoms with Crippen LogP contribution in [0.15, 0.2) is 42.5 Å². The van der Waals surface area contributed by atoms with Crippen molar-refractivity contribution in [2.24, 2.45) is 0 Å². The van der Waals surface area contributed by atoms with Gasteiger partial charge in [0.2, 0.25) is 0 Å². The zero-order valence-corrected chi connectivity index (χ0v) is 11.0. The maximum Gasteiger partial charge on any atom is 0.161 e. The van der Waals surface area contributed by atoms with E-state index in [-0.39, 0.29) is 5.82 Å². The highest BCUT2D eigenvalue weighted by molar-refractivity contribution is 5.86. The molecule has 0 saturated carbocycles. The molecule has 0 atom stereocenters. The van der Waals surface area contributed by atoms with Crippen molar-refractivity contribution in [3.63, 3.8) is 0 Å². The minimum absolute atomic E-state index is 0.225. The average molecular weight is 260 g/mol. The number of anilines is 1. The van der Waals surface area contributed by atoms with Crippen LogP contribution in [0.25, 0.3) is 22.2 Å². The number of aromatic nitrogens is 2. The molecule has 96 valence electrons. The maximum atomic E-state index is 8.99. The summed E-state index contributed by atoms with van der Waals surface area (Å²) in [4.78, 5) is 8.59. The van der Waals surface area contributed by atoms with Crippen molar-refractivity contribution in [2.45, 2.75) is 6.92 Å². The van der Waals surface area contributed by atoms with Gasteiger partial charge in [0, 0.05) is 5.56 Å². The number of nitrogens with zero attached hydrogens (tertiary/aromatic N) is 3. The molecule has 4 nitrogen and oxygen atoms in total. The summed E-state index contributed by atoms with van der Waals surface area (Å²) in [6.45, 7) is 1.77. The van der Waals surface area contributed by atoms with Crippen molar-refractivity contribution < 1.29 is 0 Å². The molecule has 0 aliphatic rings. The quantitative estimate of drug-likeness (QED) is 0.729. The van der Waals surface area contributed by atoms with Gasteiger partial charge in [0.05, 0.1) is 5.69 Å². The highest BCUT2D eigenvalue weighted by Gasteiger charge is 2.10. The Morgan fingerprint density at radius 1 is 1.05 bits per heavy atom. The van der Waals surface area contributed by atoms with Crippen LogP contribution >= 0.6 is 0 Å². The van der Waals surface area contributed by atoms with Crippen molar-refractivity contribution in [1.82, 2.24) is 9.97 Å². The van der Waals surface area contributed by atoms with E-state index < -0.39 is 0 Å². The smallest absolute Gasteiger partial charge is 0.161 e. The van der Waals surface area contributed by atoms with E-state index in [2.05, 4.69) is 16.0 Å². The fourth-order valence-electron chi connectivity index (χ4n) is 2.19. The standard InChI is InChI=1S/C16H12N4/c1-10-14(9-17)15(18)20-16(19-10)13-7-6-11-4-2-3-5-12(11)8-13/h2-8H,1H3,(H2,18,19,20). The molecule has 1 aromatic heterocycles. The van der Waals surface area contributed by atoms with Gasteiger partial charge in [-0.25, -0.2) is 9.97 Å². The molecule has 0 saturated heterocycles. The highest BCUT2D eigenvalue weighted by atomic mass is 15.0. The van der Waals surface area contributed by atoms with Crippen LogP contribution in [0.3, 0.4) is 0 Å². The summed E-state index contributed by atoms with van der Waals surface area (Å²) in [7, 11) is 0. The topological polar surface area (TPSA) is 75.6 Å². The zero-order valence-electron chi connectivity index (χ0n) is 11.0. The van der Waals surface area contributed by atoms with Crippen LogP contribution in [0.5, 0.6) is 0 Å². The lowest BCUT2D eigenvalue weighted by molar-refractivity contribution is 1.10. The molecule has 0 amide bonds. The number of hydrogen-bond donors (Lipinski definition) is 1. The molecule has 0 bridgehead atoms. The van der Waals surface area contributed by atoms with E-state index in [9.17, 15) is 0 Å². The van der Waals surface area contributed by atoms with E-state index in [1.807, 2.05) is 42.5 Å². The van der Waals surface area contributed by atoms with Gasteiger partial charge in [-0.05, 0) is 23.8 Å². The SMILES string of the molecule is Cc1nc(-c2ccc3ccccc3c2)nc(N)c1C#N. The minimum Gasteiger partial charge on any atom is -0.382 e. The van der Waals surface area contributed by atoms with Gasteiger partial charge in [0.15, 0.2) is 5.82 Å². The maximum absolute atomic E-state index is 8.99. The van der Waals surface area contributed by atoms with Gasteiger partial charge in [-0.15, -0.1) is 0 Å². The molecule has 0 aliphatic heterocycles. The van der Waals surface area contributed by atoms with Crippen molar-refractivity contribution in [1.29, 1.82) is 5.26 Å². The van der Waals surface area contributed by atoms with E-state index in [0.717, 1.165) is 16.3 Å². The largest absolute Gasteiger partial charge is 0.382 e. The van der Waals surface area contributed by atoms with Crippen LogP contribution in [0.4, 0.5) is 5.82 Å². The van der Waals surface area contributed by atoms with Crippen LogP contribution in [-0.4, -0.2) is 9.97 Å². The minimum atomic E-state index is 0.225. The Morgan fingerprint density at radius 2 is 1.80 bits per heavy atom. The Morgan fingerprint density at radius 3 is 2.50 bits per heavy atom. The molecular formula is C16H12N4. The number of nitrogen functional groups attached to an aromatic ring is 1. The summed E-state index contributed by atoms with van der Waals surface area (Å²) < 4.78 is 0. The number of aryl methyl sites for hydroxylation is 1. The Kier molecular flexibility index (Phi) is 2.81. The highest BCUT2D eigenvalue weighted by Crippen LogP contribution is 2.24. The first-order valence-electron chi connectivity index (χ1n) is 6.22. The van der Waals surface area contributed by atoms with Crippen LogP contribution in [0.1, 0.15) is 11.3 Å². The summed E-state index contributed by atoms with van der Waals surface area (Å²) in [5.74, 6) is 0.771. The lowest BCUT2D eigenvalue weighted by Gasteiger charge is -2.06. The zero-order chi connectivity index (χ0) is 14.1. The average Bonchev–Trinajstić information content (AvgIpc) is 2.46. The molecule has 3 rings (SSSR count). The predicted octanol–water partition coefficient (Wildman–Crippen LogP) is 3.06. The van der Waals surface area contributed by atoms with Gasteiger partial charge in [-0.2, -0.15) is 5.26 Å². The monoisotopic (exact) mass is 260 g/mol. The second kappa shape index (κ2) is 4.63. The van der Waals surface area contributed by atoms with Gasteiger partial charge >= 0.3 is 0 Å². The van der Waals surface area contributed by atoms with Gasteiger partial charge < -0.3 is 5.73 Å². The first kappa shape index (κ1) is 12.1. The fraction of sp³-hybridized carbons (Fsp3) is 0.0625. The summed E-state index contributed by atoms with van der Waals surface area (Å²) in [5.41, 5.74) is 7.64. The van der Waals surface area contributed by atoms with Gasteiger partial charge in [0.1, 0.15) is 17.5 Å². The molecule has 4 heteroatoms. The van der Waals surface area contributed by atoms with Gasteiger partial charge in [-0.3, -0.25) is 0 Å². The van der Waals surface area contributed by atoms with Crippen LogP contribution in [0.2, 0.25) is 0 Å². The number of nitriles is 1. The number of fused-ring (bicyclic) bond motifs is 1. The molecule has 0 unspecified atom stereocenters. The molecule has 1 heterocycles. The Bertz CT molecular complexity index is 823. The number of hydrogen-bond acceptors (Lipinski definition) is 4. The molecule has 3 aromatic rings. The number of rotatable bonds is 1. The van der Waals surface area contributed by atoms with E-state index in [1.54, 1.807) is 6.92 Å². The van der Waals surface area contributed by atoms with Crippen molar-refractivity contribution in [3.8, 4) is 17.5 Å². The lowest BCUT2D eigenvalue weighted by Crippen LogP contribution is -2.02. The van der Waals surface area contributed by atoms with Crippen molar-refractivity contribution in [2.75, 3.05) is 5.73 Å². The fourth-order valence-corrected chi connectivity index (χ4v) is 2.19. The molecule has 20 heavy (non-hydrogen) atoms. The molecule has 0 fully saturated rings. The predicted molar refractivity (Wildman–Crippen MR) is 78.8 cm³/mol. The summed E-state index contributed by atoms with van der Waals surface area (Å²) >= 11 is 0. The normalized spacial score (nSPS) is 10.4. The first-order chi connectivity index (χ1) is 9.69. The second-order valence-electron chi connectivity index (χ2n) is 4.57. The lowest BCUT2D eigenvalue weighted by atomic mass is 10.1. The van der Waals surface area contributed by atoms with Gasteiger partial charge in [0.25, 0.3) is 0 Å². The molecule has 2 aromatic carbocycles. The molecule has 0 spiro atoms. The van der Waals surface area contributed by atoms with Crippen LogP contribution < -0.4 is 5.73 Å². The van der Waals surface area contributed by atoms with E-state index >= 15 is 0 Å². The van der Waals surface area contributed by atoms with Crippen molar-refractivity contribution in [3.05, 3.63) is 53.7 Å².